The zero-order valence-electron chi connectivity index (χ0n) is 9.86. The van der Waals surface area contributed by atoms with Gasteiger partial charge in [0.1, 0.15) is 12.0 Å². The molecule has 0 unspecified atom stereocenters. The summed E-state index contributed by atoms with van der Waals surface area (Å²) in [5, 5.41) is 0. The minimum absolute atomic E-state index is 0.604. The molecule has 0 radical (unpaired) electrons. The smallest absolute Gasteiger partial charge is 0.229 e. The average Bonchev–Trinajstić information content (AvgIpc) is 2.49. The monoisotopic (exact) mass is 243 g/mol. The first kappa shape index (κ1) is 11.0. The van der Waals surface area contributed by atoms with E-state index in [1.165, 1.54) is 6.33 Å². The highest BCUT2D eigenvalue weighted by molar-refractivity contribution is 5.50. The van der Waals surface area contributed by atoms with E-state index < -0.39 is 0 Å². The van der Waals surface area contributed by atoms with Crippen molar-refractivity contribution in [3.63, 3.8) is 0 Å². The maximum Gasteiger partial charge on any atom is 0.229 e. The number of rotatable bonds is 2. The van der Waals surface area contributed by atoms with Gasteiger partial charge in [0.25, 0.3) is 0 Å². The van der Waals surface area contributed by atoms with E-state index in [0.29, 0.717) is 25.0 Å². The van der Waals surface area contributed by atoms with Crippen LogP contribution in [0.3, 0.4) is 0 Å². The van der Waals surface area contributed by atoms with Crippen LogP contribution in [0.25, 0.3) is 11.5 Å². The van der Waals surface area contributed by atoms with Crippen molar-refractivity contribution in [1.82, 2.24) is 19.9 Å². The number of pyridine rings is 1. The molecule has 1 aliphatic rings. The molecule has 3 heterocycles. The van der Waals surface area contributed by atoms with Crippen molar-refractivity contribution in [1.29, 1.82) is 0 Å². The molecule has 0 spiro atoms. The second-order valence-electron chi connectivity index (χ2n) is 3.92. The SMILES string of the molecule is c1ccc(-c2ncnc(N3CCOCC3)n2)nc1. The highest BCUT2D eigenvalue weighted by Crippen LogP contribution is 2.14. The molecule has 0 aromatic carbocycles. The molecule has 1 saturated heterocycles. The summed E-state index contributed by atoms with van der Waals surface area (Å²) in [5.74, 6) is 1.29. The molecule has 2 aromatic heterocycles. The molecule has 3 rings (SSSR count). The number of hydrogen-bond donors (Lipinski definition) is 0. The van der Waals surface area contributed by atoms with Crippen LogP contribution in [0.2, 0.25) is 0 Å². The van der Waals surface area contributed by atoms with Gasteiger partial charge >= 0.3 is 0 Å². The Bertz CT molecular complexity index is 513. The summed E-state index contributed by atoms with van der Waals surface area (Å²) >= 11 is 0. The Balaban J connectivity index is 1.89. The lowest BCUT2D eigenvalue weighted by Gasteiger charge is -2.26. The zero-order valence-corrected chi connectivity index (χ0v) is 9.86. The highest BCUT2D eigenvalue weighted by atomic mass is 16.5. The maximum absolute atomic E-state index is 5.31. The lowest BCUT2D eigenvalue weighted by molar-refractivity contribution is 0.122. The summed E-state index contributed by atoms with van der Waals surface area (Å²) in [6.45, 7) is 3.05. The minimum atomic E-state index is 0.604. The maximum atomic E-state index is 5.31. The molecule has 0 saturated carbocycles. The fourth-order valence-electron chi connectivity index (χ4n) is 1.82. The van der Waals surface area contributed by atoms with Gasteiger partial charge in [0.2, 0.25) is 5.95 Å². The first-order chi connectivity index (χ1) is 8.93. The summed E-state index contributed by atoms with van der Waals surface area (Å²) < 4.78 is 5.31. The Labute approximate surface area is 105 Å². The van der Waals surface area contributed by atoms with Crippen LogP contribution in [0.4, 0.5) is 5.95 Å². The van der Waals surface area contributed by atoms with Crippen molar-refractivity contribution in [3.8, 4) is 11.5 Å². The number of aromatic nitrogens is 4. The van der Waals surface area contributed by atoms with Crippen LogP contribution in [0.15, 0.2) is 30.7 Å². The van der Waals surface area contributed by atoms with Crippen LogP contribution in [-0.4, -0.2) is 46.2 Å². The Hall–Kier alpha value is -2.08. The quantitative estimate of drug-likeness (QED) is 0.776. The summed E-state index contributed by atoms with van der Waals surface area (Å²) in [4.78, 5) is 19.2. The number of anilines is 1. The third-order valence-electron chi connectivity index (χ3n) is 2.75. The molecular formula is C12H13N5O. The molecule has 92 valence electrons. The summed E-state index contributed by atoms with van der Waals surface area (Å²) in [6.07, 6.45) is 3.26. The Morgan fingerprint density at radius 2 is 1.94 bits per heavy atom. The minimum Gasteiger partial charge on any atom is -0.378 e. The number of morpholine rings is 1. The van der Waals surface area contributed by atoms with Gasteiger partial charge in [0.15, 0.2) is 5.82 Å². The molecule has 0 amide bonds. The molecule has 1 aliphatic heterocycles. The van der Waals surface area contributed by atoms with E-state index in [1.807, 2.05) is 18.2 Å². The van der Waals surface area contributed by atoms with Gasteiger partial charge in [0, 0.05) is 19.3 Å². The second kappa shape index (κ2) is 5.05. The van der Waals surface area contributed by atoms with Gasteiger partial charge in [0.05, 0.1) is 13.2 Å². The Morgan fingerprint density at radius 1 is 1.06 bits per heavy atom. The first-order valence-electron chi connectivity index (χ1n) is 5.86. The van der Waals surface area contributed by atoms with E-state index in [4.69, 9.17) is 4.74 Å². The van der Waals surface area contributed by atoms with Gasteiger partial charge in [-0.1, -0.05) is 6.07 Å². The van der Waals surface area contributed by atoms with E-state index in [0.717, 1.165) is 18.8 Å². The van der Waals surface area contributed by atoms with Crippen molar-refractivity contribution in [2.75, 3.05) is 31.2 Å². The van der Waals surface area contributed by atoms with Crippen molar-refractivity contribution >= 4 is 5.95 Å². The molecule has 6 nitrogen and oxygen atoms in total. The van der Waals surface area contributed by atoms with E-state index in [2.05, 4.69) is 24.8 Å². The van der Waals surface area contributed by atoms with E-state index in [-0.39, 0.29) is 0 Å². The van der Waals surface area contributed by atoms with Gasteiger partial charge in [-0.25, -0.2) is 9.97 Å². The lowest BCUT2D eigenvalue weighted by atomic mass is 10.3. The fraction of sp³-hybridized carbons (Fsp3) is 0.333. The standard InChI is InChI=1S/C12H13N5O/c1-2-4-13-10(3-1)11-14-9-15-12(16-11)17-5-7-18-8-6-17/h1-4,9H,5-8H2. The Morgan fingerprint density at radius 3 is 2.72 bits per heavy atom. The summed E-state index contributed by atoms with van der Waals surface area (Å²) in [7, 11) is 0. The molecule has 2 aromatic rings. The average molecular weight is 243 g/mol. The molecule has 0 aliphatic carbocycles. The second-order valence-corrected chi connectivity index (χ2v) is 3.92. The summed E-state index contributed by atoms with van der Waals surface area (Å²) in [6, 6.07) is 5.67. The van der Waals surface area contributed by atoms with E-state index >= 15 is 0 Å². The molecule has 0 N–H and O–H groups in total. The first-order valence-corrected chi connectivity index (χ1v) is 5.86. The van der Waals surface area contributed by atoms with Gasteiger partial charge in [-0.05, 0) is 12.1 Å². The van der Waals surface area contributed by atoms with Crippen LogP contribution in [-0.2, 0) is 4.74 Å². The predicted molar refractivity (Wildman–Crippen MR) is 66.1 cm³/mol. The van der Waals surface area contributed by atoms with Crippen LogP contribution < -0.4 is 4.90 Å². The highest BCUT2D eigenvalue weighted by Gasteiger charge is 2.14. The largest absolute Gasteiger partial charge is 0.378 e. The molecular weight excluding hydrogens is 230 g/mol. The molecule has 0 bridgehead atoms. The summed E-state index contributed by atoms with van der Waals surface area (Å²) in [5.41, 5.74) is 0.759. The van der Waals surface area contributed by atoms with E-state index in [9.17, 15) is 0 Å². The normalized spacial score (nSPS) is 15.7. The van der Waals surface area contributed by atoms with E-state index in [1.54, 1.807) is 6.20 Å². The molecule has 1 fully saturated rings. The van der Waals surface area contributed by atoms with Crippen molar-refractivity contribution < 1.29 is 4.74 Å². The number of hydrogen-bond acceptors (Lipinski definition) is 6. The van der Waals surface area contributed by atoms with Crippen LogP contribution >= 0.6 is 0 Å². The molecule has 0 atom stereocenters. The van der Waals surface area contributed by atoms with Crippen molar-refractivity contribution in [3.05, 3.63) is 30.7 Å². The number of nitrogens with zero attached hydrogens (tertiary/aromatic N) is 5. The van der Waals surface area contributed by atoms with Gasteiger partial charge in [-0.15, -0.1) is 0 Å². The van der Waals surface area contributed by atoms with Gasteiger partial charge in [-0.2, -0.15) is 4.98 Å². The third kappa shape index (κ3) is 2.28. The number of ether oxygens (including phenoxy) is 1. The molecule has 18 heavy (non-hydrogen) atoms. The Kier molecular flexibility index (Phi) is 3.10. The topological polar surface area (TPSA) is 64.0 Å². The van der Waals surface area contributed by atoms with Crippen molar-refractivity contribution in [2.45, 2.75) is 0 Å². The zero-order chi connectivity index (χ0) is 12.2. The van der Waals surface area contributed by atoms with Crippen LogP contribution in [0.1, 0.15) is 0 Å². The van der Waals surface area contributed by atoms with Crippen molar-refractivity contribution in [2.24, 2.45) is 0 Å². The molecule has 6 heteroatoms. The third-order valence-corrected chi connectivity index (χ3v) is 2.75. The fourth-order valence-corrected chi connectivity index (χ4v) is 1.82. The van der Waals surface area contributed by atoms with Gasteiger partial charge < -0.3 is 9.64 Å². The van der Waals surface area contributed by atoms with Gasteiger partial charge in [-0.3, -0.25) is 4.98 Å². The van der Waals surface area contributed by atoms with Crippen LogP contribution in [0.5, 0.6) is 0 Å². The predicted octanol–water partition coefficient (Wildman–Crippen LogP) is 0.770. The van der Waals surface area contributed by atoms with Crippen LogP contribution in [0, 0.1) is 0 Å². The lowest BCUT2D eigenvalue weighted by Crippen LogP contribution is -2.37.